The summed E-state index contributed by atoms with van der Waals surface area (Å²) in [5.41, 5.74) is 1.55. The van der Waals surface area contributed by atoms with Crippen LogP contribution in [0.3, 0.4) is 0 Å². The van der Waals surface area contributed by atoms with Crippen molar-refractivity contribution in [3.05, 3.63) is 48.0 Å². The molecule has 1 atom stereocenters. The summed E-state index contributed by atoms with van der Waals surface area (Å²) in [5.74, 6) is 1.07. The smallest absolute Gasteiger partial charge is 0.387 e. The minimum absolute atomic E-state index is 0.136. The number of hydrogen-bond acceptors (Lipinski definition) is 5. The molecule has 0 fully saturated rings. The Labute approximate surface area is 179 Å². The molecule has 0 aromatic heterocycles. The topological polar surface area (TPSA) is 103 Å². The van der Waals surface area contributed by atoms with E-state index in [0.29, 0.717) is 29.5 Å². The lowest BCUT2D eigenvalue weighted by molar-refractivity contribution is -0.114. The molecule has 1 aliphatic heterocycles. The first kappa shape index (κ1) is 22.0. The van der Waals surface area contributed by atoms with E-state index in [0.717, 1.165) is 23.3 Å². The van der Waals surface area contributed by atoms with Gasteiger partial charge in [0.25, 0.3) is 0 Å². The molecule has 30 heavy (non-hydrogen) atoms. The van der Waals surface area contributed by atoms with Gasteiger partial charge in [0.2, 0.25) is 5.91 Å². The fraction of sp³-hybridized carbons (Fsp3) is 0.364. The first-order valence-corrected chi connectivity index (χ1v) is 11.1. The third kappa shape index (κ3) is 5.67. The van der Waals surface area contributed by atoms with Gasteiger partial charge in [0.1, 0.15) is 17.1 Å². The van der Waals surface area contributed by atoms with E-state index in [4.69, 9.17) is 9.47 Å². The first-order valence-electron chi connectivity index (χ1n) is 9.74. The number of hydrogen-bond donors (Lipinski definition) is 2. The number of nitrogens with zero attached hydrogens (tertiary/aromatic N) is 1. The number of carbonyl (C=O) groups excluding carboxylic acids is 1. The van der Waals surface area contributed by atoms with E-state index in [1.54, 1.807) is 30.3 Å². The Balaban J connectivity index is 1.44. The summed E-state index contributed by atoms with van der Waals surface area (Å²) in [7, 11) is 0. The van der Waals surface area contributed by atoms with Crippen molar-refractivity contribution >= 4 is 34.5 Å². The van der Waals surface area contributed by atoms with Crippen LogP contribution in [-0.2, 0) is 26.3 Å². The van der Waals surface area contributed by atoms with Crippen molar-refractivity contribution in [3.63, 3.8) is 0 Å². The first-order chi connectivity index (χ1) is 14.2. The zero-order valence-corrected chi connectivity index (χ0v) is 18.1. The molecule has 1 heterocycles. The number of rotatable bonds is 8. The number of aliphatic imine (C=N–C) groups is 1. The van der Waals surface area contributed by atoms with Gasteiger partial charge in [-0.05, 0) is 74.3 Å². The number of nitrogens with one attached hydrogen (secondary N) is 1. The van der Waals surface area contributed by atoms with E-state index in [2.05, 4.69) is 10.3 Å². The molecule has 0 radical (unpaired) electrons. The maximum atomic E-state index is 12.4. The van der Waals surface area contributed by atoms with E-state index < -0.39 is 16.8 Å². The van der Waals surface area contributed by atoms with E-state index in [1.807, 2.05) is 26.0 Å². The molecule has 8 heteroatoms. The van der Waals surface area contributed by atoms with Crippen LogP contribution in [0.4, 0.5) is 11.4 Å². The number of amides is 1. The summed E-state index contributed by atoms with van der Waals surface area (Å²) in [4.78, 5) is 15.8. The molecule has 0 saturated heterocycles. The van der Waals surface area contributed by atoms with Gasteiger partial charge < -0.3 is 24.4 Å². The monoisotopic (exact) mass is 430 g/mol. The van der Waals surface area contributed by atoms with E-state index >= 15 is 0 Å². The molecule has 7 nitrogen and oxygen atoms in total. The van der Waals surface area contributed by atoms with Gasteiger partial charge >= 0.3 is 6.08 Å². The molecular weight excluding hydrogens is 404 g/mol. The zero-order valence-electron chi connectivity index (χ0n) is 17.3. The van der Waals surface area contributed by atoms with Gasteiger partial charge in [0.05, 0.1) is 12.3 Å². The number of aliphatic hydroxyl groups excluding tert-OH is 1. The number of benzene rings is 2. The minimum atomic E-state index is -1.09. The van der Waals surface area contributed by atoms with Crippen molar-refractivity contribution in [1.29, 1.82) is 0 Å². The van der Waals surface area contributed by atoms with Gasteiger partial charge in [-0.3, -0.25) is 4.79 Å². The Hall–Kier alpha value is -2.71. The van der Waals surface area contributed by atoms with Crippen LogP contribution in [0, 0.1) is 0 Å². The molecule has 1 aliphatic rings. The molecule has 0 saturated carbocycles. The highest BCUT2D eigenvalue weighted by Gasteiger charge is 2.31. The van der Waals surface area contributed by atoms with Crippen LogP contribution in [0.1, 0.15) is 39.2 Å². The number of carbonyl (C=O) groups is 1. The molecule has 2 N–H and O–H groups in total. The number of ether oxygens (including phenoxy) is 2. The van der Waals surface area contributed by atoms with Crippen LogP contribution < -0.4 is 10.1 Å². The van der Waals surface area contributed by atoms with E-state index in [-0.39, 0.29) is 12.0 Å². The third-order valence-corrected chi connectivity index (χ3v) is 6.07. The Morgan fingerprint density at radius 3 is 2.67 bits per heavy atom. The second-order valence-corrected chi connectivity index (χ2v) is 9.07. The highest BCUT2D eigenvalue weighted by atomic mass is 32.2. The van der Waals surface area contributed by atoms with Crippen molar-refractivity contribution in [1.82, 2.24) is 0 Å². The molecule has 2 aromatic rings. The van der Waals surface area contributed by atoms with Gasteiger partial charge in [-0.25, -0.2) is 0 Å². The Morgan fingerprint density at radius 2 is 1.97 bits per heavy atom. The standard InChI is InChI=1S/C22H26N2O5S/c1-15(25)23-16-6-9-18(10-7-16)30(27)13-5-4-12-28-17-8-11-19-20(14-17)24-21(26)29-22(19,2)3/h6-11,14H,4-5,12-13H2,1-3H3,(H,23,25)(H,24,26). The molecule has 2 aromatic carbocycles. The summed E-state index contributed by atoms with van der Waals surface area (Å²) in [6.07, 6.45) is 1.16. The van der Waals surface area contributed by atoms with Crippen LogP contribution in [0.5, 0.6) is 5.75 Å². The van der Waals surface area contributed by atoms with E-state index in [9.17, 15) is 14.5 Å². The predicted molar refractivity (Wildman–Crippen MR) is 117 cm³/mol. The van der Waals surface area contributed by atoms with Crippen molar-refractivity contribution in [2.75, 3.05) is 17.7 Å². The van der Waals surface area contributed by atoms with Gasteiger partial charge in [-0.1, -0.05) is 0 Å². The van der Waals surface area contributed by atoms with Gasteiger partial charge in [0.15, 0.2) is 4.90 Å². The van der Waals surface area contributed by atoms with Crippen LogP contribution in [0.15, 0.2) is 52.4 Å². The van der Waals surface area contributed by atoms with Crippen LogP contribution in [0.2, 0.25) is 0 Å². The largest absolute Gasteiger partial charge is 0.611 e. The molecule has 0 bridgehead atoms. The fourth-order valence-corrected chi connectivity index (χ4v) is 4.29. The van der Waals surface area contributed by atoms with Crippen LogP contribution in [0.25, 0.3) is 0 Å². The summed E-state index contributed by atoms with van der Waals surface area (Å²) < 4.78 is 23.5. The van der Waals surface area contributed by atoms with Crippen molar-refractivity contribution in [2.24, 2.45) is 4.99 Å². The zero-order chi connectivity index (χ0) is 21.7. The number of anilines is 1. The Bertz CT molecular complexity index is 928. The lowest BCUT2D eigenvalue weighted by Gasteiger charge is -2.30. The molecular formula is C22H26N2O5S. The summed E-state index contributed by atoms with van der Waals surface area (Å²) >= 11 is -1.09. The van der Waals surface area contributed by atoms with Gasteiger partial charge in [-0.15, -0.1) is 0 Å². The Morgan fingerprint density at radius 1 is 1.23 bits per heavy atom. The Kier molecular flexibility index (Phi) is 6.89. The quantitative estimate of drug-likeness (QED) is 0.477. The summed E-state index contributed by atoms with van der Waals surface area (Å²) in [6, 6.07) is 12.6. The normalized spacial score (nSPS) is 15.4. The lowest BCUT2D eigenvalue weighted by Crippen LogP contribution is -2.28. The van der Waals surface area contributed by atoms with Gasteiger partial charge in [0, 0.05) is 24.2 Å². The van der Waals surface area contributed by atoms with Crippen molar-refractivity contribution in [3.8, 4) is 5.75 Å². The second kappa shape index (κ2) is 9.40. The SMILES string of the molecule is CC(=O)Nc1ccc([S+]([O-])CCCCOc2ccc3c(c2)N=C(O)OC3(C)C)cc1. The van der Waals surface area contributed by atoms with Crippen LogP contribution in [-0.4, -0.2) is 34.0 Å². The van der Waals surface area contributed by atoms with Crippen molar-refractivity contribution in [2.45, 2.75) is 44.1 Å². The van der Waals surface area contributed by atoms with Crippen molar-refractivity contribution < 1.29 is 23.9 Å². The summed E-state index contributed by atoms with van der Waals surface area (Å²) in [6.45, 7) is 5.67. The number of unbranched alkanes of at least 4 members (excludes halogenated alkanes) is 1. The third-order valence-electron chi connectivity index (χ3n) is 4.61. The molecule has 3 rings (SSSR count). The fourth-order valence-electron chi connectivity index (χ4n) is 3.15. The molecule has 0 spiro atoms. The van der Waals surface area contributed by atoms with Crippen LogP contribution >= 0.6 is 0 Å². The maximum absolute atomic E-state index is 12.4. The van der Waals surface area contributed by atoms with Gasteiger partial charge in [-0.2, -0.15) is 4.99 Å². The average molecular weight is 431 g/mol. The number of aliphatic hydroxyl groups is 1. The highest BCUT2D eigenvalue weighted by molar-refractivity contribution is 7.91. The second-order valence-electron chi connectivity index (χ2n) is 7.50. The average Bonchev–Trinajstić information content (AvgIpc) is 2.66. The molecule has 1 amide bonds. The molecule has 0 aliphatic carbocycles. The highest BCUT2D eigenvalue weighted by Crippen LogP contribution is 2.38. The summed E-state index contributed by atoms with van der Waals surface area (Å²) in [5, 5.41) is 12.4. The molecule has 160 valence electrons. The minimum Gasteiger partial charge on any atom is -0.611 e. The number of fused-ring (bicyclic) bond motifs is 1. The van der Waals surface area contributed by atoms with E-state index in [1.165, 1.54) is 6.92 Å². The predicted octanol–water partition coefficient (Wildman–Crippen LogP) is 4.42. The molecule has 1 unspecified atom stereocenters. The maximum Gasteiger partial charge on any atom is 0.387 e. The lowest BCUT2D eigenvalue weighted by atomic mass is 9.95.